The first kappa shape index (κ1) is 12.4. The van der Waals surface area contributed by atoms with Crippen LogP contribution in [0.15, 0.2) is 24.3 Å². The Balaban J connectivity index is 2.24. The first-order chi connectivity index (χ1) is 8.49. The molecular formula is C11H9ClN2O4. The standard InChI is InChI=1S/C11H9ClN2O4/c1-7(15)18-13-6-10(16)14(11(13)17)9-4-2-8(12)3-5-9/h2-5H,6H2,1H3. The summed E-state index contributed by atoms with van der Waals surface area (Å²) in [4.78, 5) is 39.9. The smallest absolute Gasteiger partial charge is 0.336 e. The van der Waals surface area contributed by atoms with E-state index >= 15 is 0 Å². The number of anilines is 1. The normalized spacial score (nSPS) is 15.2. The molecule has 7 heteroatoms. The number of amides is 3. The first-order valence-electron chi connectivity index (χ1n) is 5.07. The average Bonchev–Trinajstić information content (AvgIpc) is 2.55. The van der Waals surface area contributed by atoms with Crippen molar-refractivity contribution >= 4 is 35.2 Å². The summed E-state index contributed by atoms with van der Waals surface area (Å²) in [7, 11) is 0. The Hall–Kier alpha value is -2.08. The van der Waals surface area contributed by atoms with Crippen LogP contribution in [0.2, 0.25) is 5.02 Å². The molecule has 1 aromatic carbocycles. The van der Waals surface area contributed by atoms with Gasteiger partial charge in [0.15, 0.2) is 0 Å². The Labute approximate surface area is 108 Å². The van der Waals surface area contributed by atoms with E-state index in [1.807, 2.05) is 0 Å². The first-order valence-corrected chi connectivity index (χ1v) is 5.45. The Kier molecular flexibility index (Phi) is 3.20. The number of carbonyl (C=O) groups is 3. The van der Waals surface area contributed by atoms with Crippen molar-refractivity contribution in [2.75, 3.05) is 11.4 Å². The summed E-state index contributed by atoms with van der Waals surface area (Å²) in [6.07, 6.45) is 0. The summed E-state index contributed by atoms with van der Waals surface area (Å²) in [5.74, 6) is -1.13. The molecule has 0 aliphatic carbocycles. The van der Waals surface area contributed by atoms with Gasteiger partial charge in [-0.15, -0.1) is 5.06 Å². The van der Waals surface area contributed by atoms with Gasteiger partial charge in [0.05, 0.1) is 5.69 Å². The van der Waals surface area contributed by atoms with Crippen LogP contribution in [0.3, 0.4) is 0 Å². The van der Waals surface area contributed by atoms with Gasteiger partial charge in [-0.2, -0.15) is 0 Å². The van der Waals surface area contributed by atoms with E-state index in [0.29, 0.717) is 10.7 Å². The van der Waals surface area contributed by atoms with E-state index in [9.17, 15) is 14.4 Å². The van der Waals surface area contributed by atoms with Crippen molar-refractivity contribution in [1.29, 1.82) is 0 Å². The lowest BCUT2D eigenvalue weighted by atomic mass is 10.3. The molecule has 1 aromatic rings. The van der Waals surface area contributed by atoms with E-state index in [4.69, 9.17) is 11.6 Å². The number of carbonyl (C=O) groups excluding carboxylic acids is 3. The van der Waals surface area contributed by atoms with Crippen molar-refractivity contribution in [2.45, 2.75) is 6.92 Å². The van der Waals surface area contributed by atoms with Gasteiger partial charge in [0.1, 0.15) is 6.54 Å². The second kappa shape index (κ2) is 4.66. The number of rotatable bonds is 2. The number of hydroxylamine groups is 2. The molecule has 0 aromatic heterocycles. The largest absolute Gasteiger partial charge is 0.365 e. The lowest BCUT2D eigenvalue weighted by Gasteiger charge is -2.15. The summed E-state index contributed by atoms with van der Waals surface area (Å²) in [5, 5.41) is 1.22. The van der Waals surface area contributed by atoms with Crippen LogP contribution < -0.4 is 4.90 Å². The molecule has 0 spiro atoms. The predicted octanol–water partition coefficient (Wildman–Crippen LogP) is 1.59. The van der Waals surface area contributed by atoms with Crippen LogP contribution in [0.5, 0.6) is 0 Å². The van der Waals surface area contributed by atoms with Gasteiger partial charge in [-0.25, -0.2) is 9.69 Å². The Morgan fingerprint density at radius 3 is 2.44 bits per heavy atom. The summed E-state index contributed by atoms with van der Waals surface area (Å²) < 4.78 is 0. The minimum absolute atomic E-state index is 0.291. The molecule has 1 aliphatic rings. The van der Waals surface area contributed by atoms with Crippen molar-refractivity contribution in [1.82, 2.24) is 5.06 Å². The van der Waals surface area contributed by atoms with E-state index in [0.717, 1.165) is 16.9 Å². The number of nitrogens with zero attached hydrogens (tertiary/aromatic N) is 2. The van der Waals surface area contributed by atoms with E-state index < -0.39 is 17.9 Å². The van der Waals surface area contributed by atoms with Gasteiger partial charge in [-0.3, -0.25) is 9.59 Å². The lowest BCUT2D eigenvalue weighted by molar-refractivity contribution is -0.171. The Morgan fingerprint density at radius 1 is 1.28 bits per heavy atom. The number of hydrogen-bond donors (Lipinski definition) is 0. The second-order valence-electron chi connectivity index (χ2n) is 3.61. The lowest BCUT2D eigenvalue weighted by Crippen LogP contribution is -2.33. The fourth-order valence-corrected chi connectivity index (χ4v) is 1.68. The third-order valence-corrected chi connectivity index (χ3v) is 2.51. The highest BCUT2D eigenvalue weighted by molar-refractivity contribution is 6.30. The summed E-state index contributed by atoms with van der Waals surface area (Å²) in [6, 6.07) is 5.50. The molecule has 18 heavy (non-hydrogen) atoms. The number of benzene rings is 1. The van der Waals surface area contributed by atoms with E-state index in [2.05, 4.69) is 4.84 Å². The maximum absolute atomic E-state index is 11.9. The molecule has 2 rings (SSSR count). The third kappa shape index (κ3) is 2.28. The highest BCUT2D eigenvalue weighted by Crippen LogP contribution is 2.23. The molecule has 1 saturated heterocycles. The zero-order valence-electron chi connectivity index (χ0n) is 9.42. The van der Waals surface area contributed by atoms with Gasteiger partial charge in [0.2, 0.25) is 0 Å². The monoisotopic (exact) mass is 268 g/mol. The van der Waals surface area contributed by atoms with E-state index in [1.54, 1.807) is 12.1 Å². The SMILES string of the molecule is CC(=O)ON1CC(=O)N(c2ccc(Cl)cc2)C1=O. The topological polar surface area (TPSA) is 66.9 Å². The van der Waals surface area contributed by atoms with Crippen LogP contribution in [0, 0.1) is 0 Å². The molecule has 0 unspecified atom stereocenters. The third-order valence-electron chi connectivity index (χ3n) is 2.26. The maximum atomic E-state index is 11.9. The fraction of sp³-hybridized carbons (Fsp3) is 0.182. The second-order valence-corrected chi connectivity index (χ2v) is 4.04. The molecule has 0 N–H and O–H groups in total. The van der Waals surface area contributed by atoms with Gasteiger partial charge in [-0.1, -0.05) is 11.6 Å². The predicted molar refractivity (Wildman–Crippen MR) is 62.8 cm³/mol. The highest BCUT2D eigenvalue weighted by atomic mass is 35.5. The van der Waals surface area contributed by atoms with Crippen molar-refractivity contribution in [3.63, 3.8) is 0 Å². The molecule has 1 fully saturated rings. The molecule has 0 bridgehead atoms. The van der Waals surface area contributed by atoms with Gasteiger partial charge in [0.25, 0.3) is 5.91 Å². The highest BCUT2D eigenvalue weighted by Gasteiger charge is 2.39. The number of imide groups is 1. The van der Waals surface area contributed by atoms with Gasteiger partial charge in [0, 0.05) is 11.9 Å². The van der Waals surface area contributed by atoms with Gasteiger partial charge >= 0.3 is 12.0 Å². The zero-order valence-corrected chi connectivity index (χ0v) is 10.2. The van der Waals surface area contributed by atoms with Crippen molar-refractivity contribution < 1.29 is 19.2 Å². The molecular weight excluding hydrogens is 260 g/mol. The van der Waals surface area contributed by atoms with Crippen molar-refractivity contribution in [3.05, 3.63) is 29.3 Å². The van der Waals surface area contributed by atoms with Crippen molar-refractivity contribution in [2.24, 2.45) is 0 Å². The van der Waals surface area contributed by atoms with Crippen LogP contribution in [0.1, 0.15) is 6.92 Å². The molecule has 0 radical (unpaired) electrons. The molecule has 94 valence electrons. The minimum atomic E-state index is -0.697. The van der Waals surface area contributed by atoms with Crippen LogP contribution in [0.25, 0.3) is 0 Å². The number of hydrogen-bond acceptors (Lipinski definition) is 4. The molecule has 0 saturated carbocycles. The zero-order chi connectivity index (χ0) is 13.3. The van der Waals surface area contributed by atoms with Crippen LogP contribution in [-0.4, -0.2) is 29.5 Å². The summed E-state index contributed by atoms with van der Waals surface area (Å²) in [5.41, 5.74) is 0.379. The van der Waals surface area contributed by atoms with Crippen LogP contribution in [0.4, 0.5) is 10.5 Å². The molecule has 0 atom stereocenters. The molecule has 6 nitrogen and oxygen atoms in total. The summed E-state index contributed by atoms with van der Waals surface area (Å²) in [6.45, 7) is 0.865. The van der Waals surface area contributed by atoms with Gasteiger partial charge < -0.3 is 4.84 Å². The van der Waals surface area contributed by atoms with Crippen LogP contribution in [-0.2, 0) is 14.4 Å². The maximum Gasteiger partial charge on any atom is 0.365 e. The molecule has 1 aliphatic heterocycles. The summed E-state index contributed by atoms with van der Waals surface area (Å²) >= 11 is 5.72. The Morgan fingerprint density at radius 2 is 1.89 bits per heavy atom. The number of halogens is 1. The number of urea groups is 1. The quantitative estimate of drug-likeness (QED) is 0.764. The van der Waals surface area contributed by atoms with E-state index in [1.165, 1.54) is 12.1 Å². The fourth-order valence-electron chi connectivity index (χ4n) is 1.55. The van der Waals surface area contributed by atoms with Crippen LogP contribution >= 0.6 is 11.6 Å². The minimum Gasteiger partial charge on any atom is -0.336 e. The average molecular weight is 269 g/mol. The Bertz CT molecular complexity index is 514. The molecule has 3 amide bonds. The van der Waals surface area contributed by atoms with E-state index in [-0.39, 0.29) is 6.54 Å². The van der Waals surface area contributed by atoms with Crippen molar-refractivity contribution in [3.8, 4) is 0 Å². The van der Waals surface area contributed by atoms with Gasteiger partial charge in [-0.05, 0) is 24.3 Å². The molecule has 1 heterocycles.